The maximum Gasteiger partial charge on any atom is 0.244 e. The van der Waals surface area contributed by atoms with E-state index in [1.54, 1.807) is 25.1 Å². The third-order valence-electron chi connectivity index (χ3n) is 5.90. The van der Waals surface area contributed by atoms with E-state index in [0.29, 0.717) is 17.1 Å². The molecular weight excluding hydrogens is 640 g/mol. The minimum atomic E-state index is -4.04. The molecule has 1 atom stereocenters. The number of nitrogens with zero attached hydrogens (tertiary/aromatic N) is 2. The van der Waals surface area contributed by atoms with Crippen LogP contribution in [0.15, 0.2) is 60.7 Å². The summed E-state index contributed by atoms with van der Waals surface area (Å²) in [4.78, 5) is 28.7. The summed E-state index contributed by atoms with van der Waals surface area (Å²) < 4.78 is 26.6. The first-order valence-electron chi connectivity index (χ1n) is 12.0. The lowest BCUT2D eigenvalue weighted by molar-refractivity contribution is -0.140. The van der Waals surface area contributed by atoms with E-state index in [2.05, 4.69) is 5.32 Å². The fourth-order valence-electron chi connectivity index (χ4n) is 3.98. The lowest BCUT2D eigenvalue weighted by atomic mass is 10.0. The Kier molecular flexibility index (Phi) is 11.4. The monoisotopic (exact) mass is 663 g/mol. The van der Waals surface area contributed by atoms with E-state index in [9.17, 15) is 18.0 Å². The van der Waals surface area contributed by atoms with Crippen molar-refractivity contribution in [2.45, 2.75) is 25.9 Å². The average molecular weight is 666 g/mol. The highest BCUT2D eigenvalue weighted by molar-refractivity contribution is 7.92. The van der Waals surface area contributed by atoms with Crippen molar-refractivity contribution < 1.29 is 18.0 Å². The molecule has 0 aliphatic heterocycles. The first kappa shape index (κ1) is 32.3. The zero-order chi connectivity index (χ0) is 29.6. The summed E-state index contributed by atoms with van der Waals surface area (Å²) in [5.74, 6) is -1.07. The Bertz CT molecular complexity index is 1490. The molecule has 13 heteroatoms. The molecule has 0 radical (unpaired) electrons. The molecular formula is C27H26Cl5N3O4S. The first-order valence-corrected chi connectivity index (χ1v) is 15.7. The molecule has 0 heterocycles. The summed E-state index contributed by atoms with van der Waals surface area (Å²) >= 11 is 30.8. The number of rotatable bonds is 11. The van der Waals surface area contributed by atoms with Crippen LogP contribution in [0.3, 0.4) is 0 Å². The van der Waals surface area contributed by atoms with Gasteiger partial charge < -0.3 is 10.2 Å². The van der Waals surface area contributed by atoms with Crippen LogP contribution in [0, 0.1) is 0 Å². The van der Waals surface area contributed by atoms with Gasteiger partial charge in [0, 0.05) is 19.5 Å². The van der Waals surface area contributed by atoms with Gasteiger partial charge in [-0.2, -0.15) is 0 Å². The number of hydrogen-bond donors (Lipinski definition) is 1. The quantitative estimate of drug-likeness (QED) is 0.237. The normalized spacial score (nSPS) is 12.1. The van der Waals surface area contributed by atoms with Gasteiger partial charge in [-0.25, -0.2) is 8.42 Å². The third-order valence-corrected chi connectivity index (χ3v) is 8.79. The highest BCUT2D eigenvalue weighted by Gasteiger charge is 2.33. The van der Waals surface area contributed by atoms with Crippen molar-refractivity contribution in [3.8, 4) is 0 Å². The molecule has 0 aliphatic rings. The number of carbonyl (C=O) groups excluding carboxylic acids is 2. The van der Waals surface area contributed by atoms with E-state index in [1.165, 1.54) is 17.0 Å². The van der Waals surface area contributed by atoms with Crippen LogP contribution in [-0.4, -0.2) is 50.5 Å². The summed E-state index contributed by atoms with van der Waals surface area (Å²) in [7, 11) is -4.04. The molecule has 3 aromatic carbocycles. The number of carbonyl (C=O) groups is 2. The molecule has 214 valence electrons. The maximum absolute atomic E-state index is 14.0. The van der Waals surface area contributed by atoms with Crippen LogP contribution in [0.25, 0.3) is 0 Å². The van der Waals surface area contributed by atoms with E-state index >= 15 is 0 Å². The van der Waals surface area contributed by atoms with Crippen LogP contribution in [0.4, 0.5) is 5.69 Å². The van der Waals surface area contributed by atoms with Crippen molar-refractivity contribution in [3.05, 3.63) is 96.9 Å². The molecule has 3 aromatic rings. The highest BCUT2D eigenvalue weighted by Crippen LogP contribution is 2.36. The summed E-state index contributed by atoms with van der Waals surface area (Å²) in [6.45, 7) is 1.37. The van der Waals surface area contributed by atoms with Crippen LogP contribution in [0.5, 0.6) is 0 Å². The smallest absolute Gasteiger partial charge is 0.244 e. The third kappa shape index (κ3) is 8.41. The summed E-state index contributed by atoms with van der Waals surface area (Å²) in [6, 6.07) is 15.6. The second-order valence-corrected chi connectivity index (χ2v) is 12.8. The highest BCUT2D eigenvalue weighted by atomic mass is 35.5. The summed E-state index contributed by atoms with van der Waals surface area (Å²) in [5, 5.41) is 3.53. The predicted molar refractivity (Wildman–Crippen MR) is 163 cm³/mol. The molecule has 0 saturated heterocycles. The molecule has 0 bridgehead atoms. The topological polar surface area (TPSA) is 86.8 Å². The second kappa shape index (κ2) is 14.1. The Morgan fingerprint density at radius 3 is 2.05 bits per heavy atom. The zero-order valence-electron chi connectivity index (χ0n) is 21.5. The lowest BCUT2D eigenvalue weighted by Crippen LogP contribution is -2.53. The van der Waals surface area contributed by atoms with Crippen molar-refractivity contribution in [3.63, 3.8) is 0 Å². The van der Waals surface area contributed by atoms with Gasteiger partial charge in [0.2, 0.25) is 21.8 Å². The number of likely N-dealkylation sites (N-methyl/N-ethyl adjacent to an activating group) is 1. The minimum absolute atomic E-state index is 0.0202. The van der Waals surface area contributed by atoms with Gasteiger partial charge in [0.1, 0.15) is 12.6 Å². The fraction of sp³-hybridized carbons (Fsp3) is 0.259. The molecule has 1 N–H and O–H groups in total. The number of halogens is 5. The summed E-state index contributed by atoms with van der Waals surface area (Å²) in [5.41, 5.74) is 1.36. The number of sulfonamides is 1. The first-order chi connectivity index (χ1) is 18.8. The van der Waals surface area contributed by atoms with Gasteiger partial charge in [-0.1, -0.05) is 94.4 Å². The molecule has 7 nitrogen and oxygen atoms in total. The van der Waals surface area contributed by atoms with Gasteiger partial charge in [-0.15, -0.1) is 0 Å². The zero-order valence-corrected chi connectivity index (χ0v) is 26.1. The number of anilines is 1. The van der Waals surface area contributed by atoms with Crippen LogP contribution in [0.1, 0.15) is 18.1 Å². The van der Waals surface area contributed by atoms with Gasteiger partial charge >= 0.3 is 0 Å². The Hall–Kier alpha value is -2.20. The Balaban J connectivity index is 2.10. The number of hydrogen-bond acceptors (Lipinski definition) is 4. The van der Waals surface area contributed by atoms with E-state index in [4.69, 9.17) is 58.0 Å². The molecule has 40 heavy (non-hydrogen) atoms. The van der Waals surface area contributed by atoms with Crippen molar-refractivity contribution >= 4 is 85.5 Å². The molecule has 0 spiro atoms. The van der Waals surface area contributed by atoms with Gasteiger partial charge in [0.15, 0.2) is 0 Å². The van der Waals surface area contributed by atoms with E-state index in [-0.39, 0.29) is 38.7 Å². The molecule has 1 unspecified atom stereocenters. The number of benzene rings is 3. The van der Waals surface area contributed by atoms with Crippen molar-refractivity contribution in [1.82, 2.24) is 10.2 Å². The maximum atomic E-state index is 14.0. The van der Waals surface area contributed by atoms with Crippen molar-refractivity contribution in [2.75, 3.05) is 23.7 Å². The molecule has 2 amide bonds. The lowest BCUT2D eigenvalue weighted by Gasteiger charge is -2.33. The fourth-order valence-corrected chi connectivity index (χ4v) is 5.85. The van der Waals surface area contributed by atoms with Crippen LogP contribution in [-0.2, 0) is 32.6 Å². The van der Waals surface area contributed by atoms with Gasteiger partial charge in [0.25, 0.3) is 0 Å². The Morgan fingerprint density at radius 1 is 0.825 bits per heavy atom. The Morgan fingerprint density at radius 2 is 1.45 bits per heavy atom. The molecule has 0 saturated carbocycles. The van der Waals surface area contributed by atoms with Gasteiger partial charge in [-0.05, 0) is 42.3 Å². The predicted octanol–water partition coefficient (Wildman–Crippen LogP) is 6.50. The van der Waals surface area contributed by atoms with Crippen molar-refractivity contribution in [2.24, 2.45) is 0 Å². The molecule has 3 rings (SSSR count). The van der Waals surface area contributed by atoms with E-state index in [0.717, 1.165) is 16.1 Å². The van der Waals surface area contributed by atoms with Crippen LogP contribution in [0.2, 0.25) is 25.1 Å². The Labute approximate surface area is 258 Å². The largest absolute Gasteiger partial charge is 0.355 e. The van der Waals surface area contributed by atoms with Crippen molar-refractivity contribution in [1.29, 1.82) is 0 Å². The average Bonchev–Trinajstić information content (AvgIpc) is 2.89. The van der Waals surface area contributed by atoms with Crippen LogP contribution < -0.4 is 9.62 Å². The SMILES string of the molecule is CCNC(=O)C(Cc1ccccc1)N(Cc1ccc(Cl)c(Cl)c1)C(=O)CN(c1cc(Cl)c(Cl)cc1Cl)S(C)(=O)=O. The number of nitrogens with one attached hydrogen (secondary N) is 1. The number of amides is 2. The van der Waals surface area contributed by atoms with Gasteiger partial charge in [0.05, 0.1) is 37.1 Å². The molecule has 0 fully saturated rings. The van der Waals surface area contributed by atoms with E-state index in [1.807, 2.05) is 30.3 Å². The van der Waals surface area contributed by atoms with Crippen LogP contribution >= 0.6 is 58.0 Å². The molecule has 0 aliphatic carbocycles. The second-order valence-electron chi connectivity index (χ2n) is 8.86. The standard InChI is InChI=1S/C27H26Cl5N3O4S/c1-3-33-27(37)25(12-17-7-5-4-6-8-17)34(15-18-9-10-19(28)20(29)11-18)26(36)16-35(40(2,38)39)24-14-22(31)21(30)13-23(24)32/h4-11,13-14,25H,3,12,15-16H2,1-2H3,(H,33,37). The van der Waals surface area contributed by atoms with E-state index < -0.39 is 34.4 Å². The molecule has 0 aromatic heterocycles. The summed E-state index contributed by atoms with van der Waals surface area (Å²) in [6.07, 6.45) is 1.11. The van der Waals surface area contributed by atoms with Gasteiger partial charge in [-0.3, -0.25) is 13.9 Å². The minimum Gasteiger partial charge on any atom is -0.355 e.